The standard InChI is InChI=1S/C18H28O/c1-18-9-3-2-4-13(18)6-7-15-16-11-14(19)10-12(16)5-8-17(15)18/h12-13,15-17H,2-11H2,1H3/t12-,13-,15+,16-,17+,18+/m0/s1. The highest BCUT2D eigenvalue weighted by atomic mass is 16.1. The van der Waals surface area contributed by atoms with Gasteiger partial charge in [-0.15, -0.1) is 0 Å². The number of hydrogen-bond acceptors (Lipinski definition) is 1. The minimum absolute atomic E-state index is 0.576. The smallest absolute Gasteiger partial charge is 0.133 e. The van der Waals surface area contributed by atoms with Crippen molar-refractivity contribution in [1.82, 2.24) is 0 Å². The summed E-state index contributed by atoms with van der Waals surface area (Å²) in [4.78, 5) is 11.8. The fourth-order valence-electron chi connectivity index (χ4n) is 6.70. The zero-order valence-corrected chi connectivity index (χ0v) is 12.4. The lowest BCUT2D eigenvalue weighted by Crippen LogP contribution is -2.49. The number of fused-ring (bicyclic) bond motifs is 5. The zero-order chi connectivity index (χ0) is 13.0. The third-order valence-corrected chi connectivity index (χ3v) is 7.62. The normalized spacial score (nSPS) is 53.3. The van der Waals surface area contributed by atoms with Crippen molar-refractivity contribution < 1.29 is 4.79 Å². The first kappa shape index (κ1) is 12.4. The molecule has 0 saturated heterocycles. The van der Waals surface area contributed by atoms with E-state index < -0.39 is 0 Å². The summed E-state index contributed by atoms with van der Waals surface area (Å²) in [5.74, 6) is 5.01. The summed E-state index contributed by atoms with van der Waals surface area (Å²) in [7, 11) is 0. The monoisotopic (exact) mass is 260 g/mol. The molecule has 0 unspecified atom stereocenters. The molecule has 0 amide bonds. The molecule has 0 aliphatic heterocycles. The Morgan fingerprint density at radius 1 is 0.947 bits per heavy atom. The molecule has 0 N–H and O–H groups in total. The van der Waals surface area contributed by atoms with Crippen LogP contribution in [0.4, 0.5) is 0 Å². The number of hydrogen-bond donors (Lipinski definition) is 0. The molecule has 4 aliphatic carbocycles. The van der Waals surface area contributed by atoms with Gasteiger partial charge in [0.15, 0.2) is 0 Å². The molecule has 0 aromatic rings. The van der Waals surface area contributed by atoms with E-state index in [4.69, 9.17) is 0 Å². The van der Waals surface area contributed by atoms with E-state index in [0.29, 0.717) is 11.2 Å². The Labute approximate surface area is 117 Å². The fourth-order valence-corrected chi connectivity index (χ4v) is 6.70. The van der Waals surface area contributed by atoms with E-state index in [2.05, 4.69) is 6.92 Å². The largest absolute Gasteiger partial charge is 0.300 e. The van der Waals surface area contributed by atoms with Gasteiger partial charge >= 0.3 is 0 Å². The van der Waals surface area contributed by atoms with Gasteiger partial charge in [-0.3, -0.25) is 4.79 Å². The van der Waals surface area contributed by atoms with Crippen LogP contribution in [-0.4, -0.2) is 5.78 Å². The van der Waals surface area contributed by atoms with Gasteiger partial charge in [-0.25, -0.2) is 0 Å². The average Bonchev–Trinajstić information content (AvgIpc) is 2.78. The van der Waals surface area contributed by atoms with Gasteiger partial charge < -0.3 is 0 Å². The second kappa shape index (κ2) is 4.33. The molecule has 0 spiro atoms. The van der Waals surface area contributed by atoms with Crippen LogP contribution in [0.3, 0.4) is 0 Å². The van der Waals surface area contributed by atoms with E-state index in [1.807, 2.05) is 0 Å². The highest BCUT2D eigenvalue weighted by Gasteiger charge is 2.54. The van der Waals surface area contributed by atoms with Gasteiger partial charge in [0.1, 0.15) is 5.78 Å². The Morgan fingerprint density at radius 3 is 2.74 bits per heavy atom. The summed E-state index contributed by atoms with van der Waals surface area (Å²) in [6, 6.07) is 0. The quantitative estimate of drug-likeness (QED) is 0.622. The van der Waals surface area contributed by atoms with E-state index >= 15 is 0 Å². The highest BCUT2D eigenvalue weighted by molar-refractivity contribution is 5.81. The number of ketones is 1. The molecule has 0 aromatic heterocycles. The van der Waals surface area contributed by atoms with Gasteiger partial charge in [-0.05, 0) is 73.5 Å². The van der Waals surface area contributed by atoms with Gasteiger partial charge in [-0.1, -0.05) is 19.8 Å². The van der Waals surface area contributed by atoms with Crippen LogP contribution >= 0.6 is 0 Å². The molecule has 1 nitrogen and oxygen atoms in total. The minimum Gasteiger partial charge on any atom is -0.300 e. The molecule has 0 radical (unpaired) electrons. The first-order chi connectivity index (χ1) is 9.18. The molecule has 0 bridgehead atoms. The molecule has 4 aliphatic rings. The predicted molar refractivity (Wildman–Crippen MR) is 76.7 cm³/mol. The summed E-state index contributed by atoms with van der Waals surface area (Å²) >= 11 is 0. The van der Waals surface area contributed by atoms with E-state index in [1.165, 1.54) is 51.4 Å². The summed E-state index contributed by atoms with van der Waals surface area (Å²) < 4.78 is 0. The van der Waals surface area contributed by atoms with Crippen molar-refractivity contribution in [2.24, 2.45) is 35.0 Å². The SMILES string of the molecule is C[C@@]12CCCC[C@H]1CC[C@@H]1[C@H]3CC(=O)C[C@@H]3CC[C@H]12. The lowest BCUT2D eigenvalue weighted by molar-refractivity contribution is -0.118. The fraction of sp³-hybridized carbons (Fsp3) is 0.944. The molecule has 6 atom stereocenters. The van der Waals surface area contributed by atoms with Gasteiger partial charge in [0.2, 0.25) is 0 Å². The van der Waals surface area contributed by atoms with Crippen molar-refractivity contribution >= 4 is 5.78 Å². The molecule has 4 fully saturated rings. The van der Waals surface area contributed by atoms with Crippen LogP contribution in [0, 0.1) is 35.0 Å². The maximum Gasteiger partial charge on any atom is 0.133 e. The molecular weight excluding hydrogens is 232 g/mol. The molecule has 4 rings (SSSR count). The van der Waals surface area contributed by atoms with Crippen molar-refractivity contribution in [2.45, 2.75) is 71.1 Å². The Bertz CT molecular complexity index is 387. The lowest BCUT2D eigenvalue weighted by Gasteiger charge is -2.58. The van der Waals surface area contributed by atoms with Crippen molar-refractivity contribution in [3.8, 4) is 0 Å². The van der Waals surface area contributed by atoms with Crippen LogP contribution < -0.4 is 0 Å². The van der Waals surface area contributed by atoms with E-state index in [1.54, 1.807) is 0 Å². The van der Waals surface area contributed by atoms with Gasteiger partial charge in [0, 0.05) is 12.8 Å². The topological polar surface area (TPSA) is 17.1 Å². The van der Waals surface area contributed by atoms with Gasteiger partial charge in [-0.2, -0.15) is 0 Å². The zero-order valence-electron chi connectivity index (χ0n) is 12.4. The average molecular weight is 260 g/mol. The number of carbonyl (C=O) groups excluding carboxylic acids is 1. The Balaban J connectivity index is 1.62. The maximum atomic E-state index is 11.8. The van der Waals surface area contributed by atoms with Crippen LogP contribution in [0.2, 0.25) is 0 Å². The van der Waals surface area contributed by atoms with Gasteiger partial charge in [0.25, 0.3) is 0 Å². The van der Waals surface area contributed by atoms with Crippen molar-refractivity contribution in [2.75, 3.05) is 0 Å². The second-order valence-corrected chi connectivity index (χ2v) is 8.24. The summed E-state index contributed by atoms with van der Waals surface area (Å²) in [6.45, 7) is 2.62. The van der Waals surface area contributed by atoms with Crippen molar-refractivity contribution in [1.29, 1.82) is 0 Å². The minimum atomic E-state index is 0.576. The van der Waals surface area contributed by atoms with Crippen LogP contribution in [0.1, 0.15) is 71.1 Å². The van der Waals surface area contributed by atoms with Crippen molar-refractivity contribution in [3.05, 3.63) is 0 Å². The molecule has 0 aromatic carbocycles. The highest BCUT2D eigenvalue weighted by Crippen LogP contribution is 2.62. The van der Waals surface area contributed by atoms with Crippen LogP contribution in [-0.2, 0) is 4.79 Å². The van der Waals surface area contributed by atoms with E-state index in [-0.39, 0.29) is 0 Å². The van der Waals surface area contributed by atoms with Crippen LogP contribution in [0.5, 0.6) is 0 Å². The van der Waals surface area contributed by atoms with Crippen molar-refractivity contribution in [3.63, 3.8) is 0 Å². The Hall–Kier alpha value is -0.330. The molecule has 106 valence electrons. The Kier molecular flexibility index (Phi) is 2.83. The first-order valence-corrected chi connectivity index (χ1v) is 8.70. The summed E-state index contributed by atoms with van der Waals surface area (Å²) in [6.07, 6.45) is 13.5. The van der Waals surface area contributed by atoms with Crippen LogP contribution in [0.25, 0.3) is 0 Å². The predicted octanol–water partition coefficient (Wildman–Crippen LogP) is 4.60. The second-order valence-electron chi connectivity index (χ2n) is 8.24. The molecule has 1 heteroatoms. The molecule has 4 saturated carbocycles. The Morgan fingerprint density at radius 2 is 1.84 bits per heavy atom. The number of carbonyl (C=O) groups is 1. The van der Waals surface area contributed by atoms with Gasteiger partial charge in [0.05, 0.1) is 0 Å². The number of Topliss-reactive ketones (excluding diaryl/α,β-unsaturated/α-hetero) is 1. The molecular formula is C18H28O. The van der Waals surface area contributed by atoms with E-state index in [9.17, 15) is 4.79 Å². The summed E-state index contributed by atoms with van der Waals surface area (Å²) in [5.41, 5.74) is 0.637. The third kappa shape index (κ3) is 1.76. The molecule has 0 heterocycles. The van der Waals surface area contributed by atoms with Crippen LogP contribution in [0.15, 0.2) is 0 Å². The molecule has 19 heavy (non-hydrogen) atoms. The van der Waals surface area contributed by atoms with E-state index in [0.717, 1.165) is 42.4 Å². The summed E-state index contributed by atoms with van der Waals surface area (Å²) in [5, 5.41) is 0. The third-order valence-electron chi connectivity index (χ3n) is 7.62. The number of rotatable bonds is 0. The first-order valence-electron chi connectivity index (χ1n) is 8.70. The maximum absolute atomic E-state index is 11.8. The lowest BCUT2D eigenvalue weighted by atomic mass is 9.47.